The molecule has 4 atom stereocenters. The number of hydrogen-bond acceptors (Lipinski definition) is 16. The van der Waals surface area contributed by atoms with E-state index in [4.69, 9.17) is 16.7 Å². The molecule has 0 saturated heterocycles. The molecule has 0 heterocycles. The van der Waals surface area contributed by atoms with Crippen LogP contribution in [0.25, 0.3) is 6.08 Å². The third-order valence-electron chi connectivity index (χ3n) is 16.1. The van der Waals surface area contributed by atoms with E-state index in [0.717, 1.165) is 54.2 Å². The predicted molar refractivity (Wildman–Crippen MR) is 494 cm³/mol. The maximum absolute atomic E-state index is 12.2. The molecule has 0 aliphatic carbocycles. The quantitative estimate of drug-likeness (QED) is 0.0133. The van der Waals surface area contributed by atoms with Crippen molar-refractivity contribution in [2.45, 2.75) is 38.1 Å². The molecule has 0 aliphatic heterocycles. The van der Waals surface area contributed by atoms with Gasteiger partial charge in [0.05, 0.1) is 66.3 Å². The third kappa shape index (κ3) is 40.1. The molecular formula is C105H81Br2N3O17. The van der Waals surface area contributed by atoms with Gasteiger partial charge in [-0.1, -0.05) is 169 Å². The highest BCUT2D eigenvalue weighted by molar-refractivity contribution is 9.28. The lowest BCUT2D eigenvalue weighted by atomic mass is 10.1. The monoisotopic (exact) mass is 1810 g/mol. The van der Waals surface area contributed by atoms with E-state index in [-0.39, 0.29) is 23.1 Å². The molecule has 11 aromatic carbocycles. The van der Waals surface area contributed by atoms with Crippen LogP contribution in [-0.4, -0.2) is 127 Å². The summed E-state index contributed by atoms with van der Waals surface area (Å²) in [6.07, 6.45) is 5.47. The molecule has 127 heavy (non-hydrogen) atoms. The lowest BCUT2D eigenvalue weighted by Gasteiger charge is -2.19. The number of esters is 4. The fourth-order valence-electron chi connectivity index (χ4n) is 9.56. The number of hydroxylamine groups is 1. The highest BCUT2D eigenvalue weighted by atomic mass is 79.9. The summed E-state index contributed by atoms with van der Waals surface area (Å²) in [5, 5.41) is 41.4. The molecule has 20 nitrogen and oxygen atoms in total. The number of carboxylic acid groups (broad SMARTS) is 1. The van der Waals surface area contributed by atoms with Gasteiger partial charge in [0.2, 0.25) is 0 Å². The molecule has 22 heteroatoms. The summed E-state index contributed by atoms with van der Waals surface area (Å²) < 4.78 is 19.1. The number of benzene rings is 11. The first-order valence-electron chi connectivity index (χ1n) is 37.8. The average molecular weight is 1820 g/mol. The summed E-state index contributed by atoms with van der Waals surface area (Å²) in [6, 6.07) is 85.0. The van der Waals surface area contributed by atoms with Crippen molar-refractivity contribution >= 4 is 91.8 Å². The van der Waals surface area contributed by atoms with Crippen LogP contribution in [0.4, 0.5) is 0 Å². The van der Waals surface area contributed by atoms with Gasteiger partial charge in [0.25, 0.3) is 17.7 Å². The Balaban J connectivity index is 0.000000270. The second-order valence-electron chi connectivity index (χ2n) is 25.2. The molecule has 0 spiro atoms. The Bertz CT molecular complexity index is 5950. The van der Waals surface area contributed by atoms with Crippen molar-refractivity contribution in [3.63, 3.8) is 0 Å². The second-order valence-corrected chi connectivity index (χ2v) is 28.0. The number of carboxylic acids is 1. The van der Waals surface area contributed by atoms with Crippen molar-refractivity contribution < 1.29 is 82.6 Å². The van der Waals surface area contributed by atoms with E-state index >= 15 is 0 Å². The Morgan fingerprint density at radius 3 is 0.811 bits per heavy atom. The summed E-state index contributed by atoms with van der Waals surface area (Å²) in [6.45, 7) is 2.73. The molecule has 0 aliphatic rings. The lowest BCUT2D eigenvalue weighted by molar-refractivity contribution is -0.145. The van der Waals surface area contributed by atoms with Gasteiger partial charge in [-0.15, -0.1) is 6.42 Å². The highest BCUT2D eigenvalue weighted by Crippen LogP contribution is 2.19. The van der Waals surface area contributed by atoms with Crippen molar-refractivity contribution in [2.75, 3.05) is 28.4 Å². The number of nitrogens with one attached hydrogen (secondary N) is 3. The molecule has 11 rings (SSSR count). The van der Waals surface area contributed by atoms with Gasteiger partial charge < -0.3 is 44.9 Å². The maximum Gasteiger partial charge on any atom is 0.337 e. The third-order valence-corrected chi connectivity index (χ3v) is 16.6. The Kier molecular flexibility index (Phi) is 46.5. The smallest absolute Gasteiger partial charge is 0.337 e. The second kappa shape index (κ2) is 58.4. The number of aliphatic hydroxyl groups is 2. The van der Waals surface area contributed by atoms with Crippen molar-refractivity contribution in [1.29, 1.82) is 0 Å². The number of aromatic carboxylic acids is 1. The molecule has 0 aromatic heterocycles. The molecule has 0 fully saturated rings. The summed E-state index contributed by atoms with van der Waals surface area (Å²) in [4.78, 5) is 102. The summed E-state index contributed by atoms with van der Waals surface area (Å²) in [5.41, 5.74) is 12.8. The zero-order chi connectivity index (χ0) is 92.4. The minimum atomic E-state index is -1.27. The van der Waals surface area contributed by atoms with E-state index in [0.29, 0.717) is 38.9 Å². The van der Waals surface area contributed by atoms with E-state index in [1.54, 1.807) is 121 Å². The standard InChI is InChI=1S/C22H19NO4.C21H18N2O4.C18H12O2.C17H10O2.C10H8Br2O2.C9H8O3.C8H6/c1-16(24)20(22(26)27-2)23-21(25)19-14-12-18(13-15-19)11-7-6-10-17-8-4-3-5-9-17;1-15(24)19(21(26)23-27)22-20(25)18-13-11-17(12-14-18)10-6-5-9-16-7-3-2-4-8-16;1-20-18(19)17-13-11-16(12-14-17)10-6-5-9-15-7-3-2-4-8-15;18-17(19)16-12-10-15(11-13-16)9-5-4-8-14-6-2-1-3-7-14;1-14-10(13)8-4-2-7(3-5-8)6-9(11)12;1-12-9(11)8-4-2-7(6-10)3-5-8;1-2-8-6-4-3-5-7-8/h3-5,8-9,12-16,20,24H,1-2H3,(H,23,25);2-4,7-8,11-15,19,24,27H,1H3,(H,22,25)(H,23,26);2-4,7-8,11-14H,1H3;1-3,6-7,10-13H,(H,18,19);2-6H,1H3;2-6H,1H3;1,3-7H/t16-,20+;15-,19+;;;;;/m11...../s1. The molecular weight excluding hydrogens is 1730 g/mol. The van der Waals surface area contributed by atoms with Gasteiger partial charge in [-0.05, 0) is 287 Å². The predicted octanol–water partition coefficient (Wildman–Crippen LogP) is 15.0. The number of terminal acetylenes is 1. The van der Waals surface area contributed by atoms with Crippen LogP contribution >= 0.6 is 31.9 Å². The molecule has 632 valence electrons. The minimum absolute atomic E-state index is 0.251. The van der Waals surface area contributed by atoms with Crippen LogP contribution in [0, 0.1) is 107 Å². The van der Waals surface area contributed by atoms with Crippen molar-refractivity contribution in [1.82, 2.24) is 16.1 Å². The van der Waals surface area contributed by atoms with E-state index < -0.39 is 59.9 Å². The van der Waals surface area contributed by atoms with Gasteiger partial charge in [-0.2, -0.15) is 0 Å². The van der Waals surface area contributed by atoms with Crippen molar-refractivity contribution in [2.24, 2.45) is 0 Å². The maximum atomic E-state index is 12.2. The van der Waals surface area contributed by atoms with Crippen molar-refractivity contribution in [3.8, 4) is 107 Å². The van der Waals surface area contributed by atoms with Gasteiger partial charge in [0.15, 0.2) is 6.04 Å². The fourth-order valence-corrected chi connectivity index (χ4v) is 10.1. The number of hydrogen-bond donors (Lipinski definition) is 7. The highest BCUT2D eigenvalue weighted by Gasteiger charge is 2.28. The van der Waals surface area contributed by atoms with Crippen molar-refractivity contribution in [3.05, 3.63) is 395 Å². The number of carbonyl (C=O) groups excluding carboxylic acids is 8. The Morgan fingerprint density at radius 1 is 0.339 bits per heavy atom. The van der Waals surface area contributed by atoms with Crippen LogP contribution in [0.5, 0.6) is 0 Å². The molecule has 7 N–H and O–H groups in total. The van der Waals surface area contributed by atoms with Gasteiger partial charge in [0.1, 0.15) is 12.3 Å². The summed E-state index contributed by atoms with van der Waals surface area (Å²) in [7, 11) is 5.23. The van der Waals surface area contributed by atoms with Crippen LogP contribution < -0.4 is 16.1 Å². The zero-order valence-corrected chi connectivity index (χ0v) is 72.4. The molecule has 0 radical (unpaired) electrons. The number of halogens is 2. The number of rotatable bonds is 14. The first-order chi connectivity index (χ1) is 61.4. The van der Waals surface area contributed by atoms with Gasteiger partial charge in [-0.25, -0.2) is 29.5 Å². The Labute approximate surface area is 754 Å². The minimum Gasteiger partial charge on any atom is -0.478 e. The first kappa shape index (κ1) is 101. The number of methoxy groups -OCH3 is 4. The fraction of sp³-hybridized carbons (Fsp3) is 0.0952. The molecule has 3 amide bonds. The molecule has 0 unspecified atom stereocenters. The summed E-state index contributed by atoms with van der Waals surface area (Å²) >= 11 is 6.52. The van der Waals surface area contributed by atoms with Crippen LogP contribution in [0.3, 0.4) is 0 Å². The molecule has 0 bridgehead atoms. The van der Waals surface area contributed by atoms with E-state index in [9.17, 15) is 53.4 Å². The topological polar surface area (TPSA) is 308 Å². The molecule has 11 aromatic rings. The van der Waals surface area contributed by atoms with Crippen LogP contribution in [0.1, 0.15) is 142 Å². The summed E-state index contributed by atoms with van der Waals surface area (Å²) in [5.74, 6) is 43.3. The van der Waals surface area contributed by atoms with E-state index in [1.807, 2.05) is 170 Å². The zero-order valence-electron chi connectivity index (χ0n) is 69.2. The Morgan fingerprint density at radius 2 is 0.583 bits per heavy atom. The van der Waals surface area contributed by atoms with Crippen LogP contribution in [-0.2, 0) is 28.5 Å². The number of carbonyl (C=O) groups is 9. The Hall–Kier alpha value is -16.5. The van der Waals surface area contributed by atoms with E-state index in [1.165, 1.54) is 59.9 Å². The van der Waals surface area contributed by atoms with Gasteiger partial charge >= 0.3 is 29.8 Å². The number of aliphatic hydroxyl groups excluding tert-OH is 2. The van der Waals surface area contributed by atoms with Crippen LogP contribution in [0.15, 0.2) is 301 Å². The van der Waals surface area contributed by atoms with Gasteiger partial charge in [0, 0.05) is 66.8 Å². The molecule has 0 saturated carbocycles. The largest absolute Gasteiger partial charge is 0.478 e. The first-order valence-corrected chi connectivity index (χ1v) is 39.4. The lowest BCUT2D eigenvalue weighted by Crippen LogP contribution is -2.51. The number of ether oxygens (including phenoxy) is 4. The van der Waals surface area contributed by atoms with Gasteiger partial charge in [-0.3, -0.25) is 24.4 Å². The van der Waals surface area contributed by atoms with E-state index in [2.05, 4.69) is 162 Å². The number of amides is 3. The van der Waals surface area contributed by atoms with Crippen LogP contribution in [0.2, 0.25) is 0 Å². The average Bonchev–Trinajstić information content (AvgIpc) is 0.890. The number of aldehydes is 1. The normalized spacial score (nSPS) is 10.0. The SMILES string of the molecule is C#Cc1ccccc1.COC(=O)[C@@H](NC(=O)c1ccc(C#CC#Cc2ccccc2)cc1)[C@@H](C)O.COC(=O)c1ccc(C#CC#Cc2ccccc2)cc1.COC(=O)c1ccc(C=C(Br)Br)cc1.COC(=O)c1ccc(C=O)cc1.C[C@@H](O)[C@H](NC(=O)c1ccc(C#CC#Cc2ccccc2)cc1)C(=O)NO.O=C(O)c1ccc(C#CC#Cc2ccccc2)cc1.